The van der Waals surface area contributed by atoms with Gasteiger partial charge in [0.15, 0.2) is 0 Å². The zero-order valence-corrected chi connectivity index (χ0v) is 17.2. The lowest BCUT2D eigenvalue weighted by atomic mass is 10.1. The predicted molar refractivity (Wildman–Crippen MR) is 111 cm³/mol. The number of amides is 1. The zero-order chi connectivity index (χ0) is 21.0. The SMILES string of the molecule is Cc1cc(C(=O)NCCc2nccn2Cc2ccccc2)cc(S(N)(=O)=O)c1C. The highest BCUT2D eigenvalue weighted by Gasteiger charge is 2.17. The molecule has 0 spiro atoms. The summed E-state index contributed by atoms with van der Waals surface area (Å²) in [4.78, 5) is 16.9. The Morgan fingerprint density at radius 3 is 2.59 bits per heavy atom. The molecule has 1 heterocycles. The molecule has 3 rings (SSSR count). The number of sulfonamides is 1. The molecule has 29 heavy (non-hydrogen) atoms. The Morgan fingerprint density at radius 1 is 1.17 bits per heavy atom. The number of nitrogens with zero attached hydrogens (tertiary/aromatic N) is 2. The molecule has 0 aliphatic heterocycles. The molecule has 7 nitrogen and oxygen atoms in total. The van der Waals surface area contributed by atoms with Crippen LogP contribution in [-0.2, 0) is 23.0 Å². The first-order valence-electron chi connectivity index (χ1n) is 9.22. The minimum absolute atomic E-state index is 0.0268. The topological polar surface area (TPSA) is 107 Å². The molecule has 2 aromatic carbocycles. The summed E-state index contributed by atoms with van der Waals surface area (Å²) in [6.07, 6.45) is 4.20. The summed E-state index contributed by atoms with van der Waals surface area (Å²) in [7, 11) is -3.90. The molecule has 0 aliphatic carbocycles. The number of aromatic nitrogens is 2. The second kappa shape index (κ2) is 8.59. The normalized spacial score (nSPS) is 11.4. The third kappa shape index (κ3) is 5.10. The van der Waals surface area contributed by atoms with Crippen LogP contribution in [0.1, 0.15) is 32.9 Å². The molecular formula is C21H24N4O3S. The maximum absolute atomic E-state index is 12.5. The van der Waals surface area contributed by atoms with Crippen LogP contribution in [0.15, 0.2) is 59.8 Å². The Morgan fingerprint density at radius 2 is 1.90 bits per heavy atom. The number of rotatable bonds is 7. The van der Waals surface area contributed by atoms with Gasteiger partial charge in [0, 0.05) is 37.5 Å². The van der Waals surface area contributed by atoms with Gasteiger partial charge in [0.25, 0.3) is 5.91 Å². The van der Waals surface area contributed by atoms with Crippen LogP contribution in [0.4, 0.5) is 0 Å². The number of hydrogen-bond donors (Lipinski definition) is 2. The Kier molecular flexibility index (Phi) is 6.14. The summed E-state index contributed by atoms with van der Waals surface area (Å²) < 4.78 is 25.6. The lowest BCUT2D eigenvalue weighted by molar-refractivity contribution is 0.0953. The van der Waals surface area contributed by atoms with Crippen molar-refractivity contribution in [2.24, 2.45) is 5.14 Å². The number of carbonyl (C=O) groups is 1. The van der Waals surface area contributed by atoms with E-state index in [4.69, 9.17) is 5.14 Å². The van der Waals surface area contributed by atoms with Crippen molar-refractivity contribution in [2.75, 3.05) is 6.54 Å². The van der Waals surface area contributed by atoms with Gasteiger partial charge in [-0.05, 0) is 42.7 Å². The highest BCUT2D eigenvalue weighted by molar-refractivity contribution is 7.89. The summed E-state index contributed by atoms with van der Waals surface area (Å²) in [6, 6.07) is 13.0. The number of nitrogens with two attached hydrogens (primary N) is 1. The van der Waals surface area contributed by atoms with E-state index in [-0.39, 0.29) is 16.4 Å². The van der Waals surface area contributed by atoms with Crippen LogP contribution >= 0.6 is 0 Å². The van der Waals surface area contributed by atoms with E-state index in [0.29, 0.717) is 30.6 Å². The highest BCUT2D eigenvalue weighted by atomic mass is 32.2. The van der Waals surface area contributed by atoms with E-state index >= 15 is 0 Å². The van der Waals surface area contributed by atoms with Crippen LogP contribution in [0.5, 0.6) is 0 Å². The van der Waals surface area contributed by atoms with Gasteiger partial charge in [-0.15, -0.1) is 0 Å². The number of imidazole rings is 1. The fourth-order valence-electron chi connectivity index (χ4n) is 3.14. The third-order valence-electron chi connectivity index (χ3n) is 4.82. The van der Waals surface area contributed by atoms with Crippen LogP contribution in [0.3, 0.4) is 0 Å². The van der Waals surface area contributed by atoms with Gasteiger partial charge in [-0.1, -0.05) is 30.3 Å². The van der Waals surface area contributed by atoms with Gasteiger partial charge in [-0.3, -0.25) is 4.79 Å². The summed E-state index contributed by atoms with van der Waals surface area (Å²) in [6.45, 7) is 4.51. The van der Waals surface area contributed by atoms with E-state index < -0.39 is 10.0 Å². The van der Waals surface area contributed by atoms with Gasteiger partial charge in [-0.2, -0.15) is 0 Å². The van der Waals surface area contributed by atoms with Crippen molar-refractivity contribution in [2.45, 2.75) is 31.7 Å². The predicted octanol–water partition coefficient (Wildman–Crippen LogP) is 2.17. The maximum Gasteiger partial charge on any atom is 0.251 e. The number of primary sulfonamides is 1. The smallest absolute Gasteiger partial charge is 0.251 e. The molecule has 0 radical (unpaired) electrons. The number of carbonyl (C=O) groups excluding carboxylic acids is 1. The van der Waals surface area contributed by atoms with Crippen LogP contribution < -0.4 is 10.5 Å². The summed E-state index contributed by atoms with van der Waals surface area (Å²) in [5.41, 5.74) is 2.68. The van der Waals surface area contributed by atoms with E-state index in [1.807, 2.05) is 41.1 Å². The third-order valence-corrected chi connectivity index (χ3v) is 5.86. The molecule has 0 fully saturated rings. The van der Waals surface area contributed by atoms with Crippen molar-refractivity contribution in [3.05, 3.63) is 82.9 Å². The molecule has 0 bridgehead atoms. The molecule has 0 saturated carbocycles. The molecule has 0 aliphatic rings. The van der Waals surface area contributed by atoms with Crippen molar-refractivity contribution in [1.82, 2.24) is 14.9 Å². The van der Waals surface area contributed by atoms with Gasteiger partial charge in [0.1, 0.15) is 5.82 Å². The molecule has 8 heteroatoms. The van der Waals surface area contributed by atoms with Crippen LogP contribution in [0.2, 0.25) is 0 Å². The Balaban J connectivity index is 1.66. The minimum Gasteiger partial charge on any atom is -0.352 e. The first-order valence-corrected chi connectivity index (χ1v) is 10.8. The Labute approximate surface area is 170 Å². The van der Waals surface area contributed by atoms with Crippen LogP contribution in [0, 0.1) is 13.8 Å². The summed E-state index contributed by atoms with van der Waals surface area (Å²) in [5, 5.41) is 8.09. The van der Waals surface area contributed by atoms with E-state index in [1.54, 1.807) is 26.1 Å². The average molecular weight is 413 g/mol. The second-order valence-electron chi connectivity index (χ2n) is 6.92. The van der Waals surface area contributed by atoms with Gasteiger partial charge in [0.2, 0.25) is 10.0 Å². The molecule has 1 amide bonds. The van der Waals surface area contributed by atoms with Gasteiger partial charge >= 0.3 is 0 Å². The molecule has 0 saturated heterocycles. The monoisotopic (exact) mass is 412 g/mol. The fourth-order valence-corrected chi connectivity index (χ4v) is 4.01. The van der Waals surface area contributed by atoms with Crippen LogP contribution in [0.25, 0.3) is 0 Å². The molecule has 3 N–H and O–H groups in total. The highest BCUT2D eigenvalue weighted by Crippen LogP contribution is 2.20. The van der Waals surface area contributed by atoms with E-state index in [2.05, 4.69) is 10.3 Å². The van der Waals surface area contributed by atoms with E-state index in [9.17, 15) is 13.2 Å². The maximum atomic E-state index is 12.5. The van der Waals surface area contributed by atoms with Crippen molar-refractivity contribution in [3.8, 4) is 0 Å². The van der Waals surface area contributed by atoms with Crippen LogP contribution in [-0.4, -0.2) is 30.4 Å². The standard InChI is InChI=1S/C21H24N4O3S/c1-15-12-18(13-19(16(15)2)29(22,27)28)21(26)24-9-8-20-23-10-11-25(20)14-17-6-4-3-5-7-17/h3-7,10-13H,8-9,14H2,1-2H3,(H,24,26)(H2,22,27,28). The lowest BCUT2D eigenvalue weighted by Gasteiger charge is -2.12. The molecular weight excluding hydrogens is 388 g/mol. The number of aryl methyl sites for hydroxylation is 1. The fraction of sp³-hybridized carbons (Fsp3) is 0.238. The minimum atomic E-state index is -3.90. The van der Waals surface area contributed by atoms with Crippen molar-refractivity contribution >= 4 is 15.9 Å². The summed E-state index contributed by atoms with van der Waals surface area (Å²) in [5.74, 6) is 0.513. The quantitative estimate of drug-likeness (QED) is 0.620. The summed E-state index contributed by atoms with van der Waals surface area (Å²) >= 11 is 0. The second-order valence-corrected chi connectivity index (χ2v) is 8.45. The lowest BCUT2D eigenvalue weighted by Crippen LogP contribution is -2.27. The van der Waals surface area contributed by atoms with Crippen molar-refractivity contribution < 1.29 is 13.2 Å². The van der Waals surface area contributed by atoms with E-state index in [1.165, 1.54) is 11.6 Å². The van der Waals surface area contributed by atoms with Crippen molar-refractivity contribution in [3.63, 3.8) is 0 Å². The van der Waals surface area contributed by atoms with Gasteiger partial charge in [0.05, 0.1) is 4.90 Å². The van der Waals surface area contributed by atoms with E-state index in [0.717, 1.165) is 5.82 Å². The molecule has 152 valence electrons. The zero-order valence-electron chi connectivity index (χ0n) is 16.4. The number of hydrogen-bond acceptors (Lipinski definition) is 4. The molecule has 0 atom stereocenters. The first-order chi connectivity index (χ1) is 13.8. The molecule has 1 aromatic heterocycles. The molecule has 0 unspecified atom stereocenters. The average Bonchev–Trinajstić information content (AvgIpc) is 3.10. The number of benzene rings is 2. The number of nitrogens with one attached hydrogen (secondary N) is 1. The Hall–Kier alpha value is -2.97. The molecule has 3 aromatic rings. The largest absolute Gasteiger partial charge is 0.352 e. The Bertz CT molecular complexity index is 1120. The van der Waals surface area contributed by atoms with Crippen molar-refractivity contribution in [1.29, 1.82) is 0 Å². The van der Waals surface area contributed by atoms with Gasteiger partial charge in [-0.25, -0.2) is 18.5 Å². The first kappa shape index (κ1) is 20.8. The van der Waals surface area contributed by atoms with Gasteiger partial charge < -0.3 is 9.88 Å².